The number of aliphatic carboxylic acids is 1. The van der Waals surface area contributed by atoms with Gasteiger partial charge in [0.25, 0.3) is 0 Å². The maximum Gasteiger partial charge on any atom is 0.311 e. The number of carbonyl (C=O) groups excluding carboxylic acids is 1. The van der Waals surface area contributed by atoms with Crippen LogP contribution in [0.5, 0.6) is 11.5 Å². The van der Waals surface area contributed by atoms with E-state index in [0.29, 0.717) is 5.75 Å². The quantitative estimate of drug-likeness (QED) is 0.154. The number of carboxylic acid groups (broad SMARTS) is 1. The first kappa shape index (κ1) is 30.4. The zero-order valence-corrected chi connectivity index (χ0v) is 23.7. The Morgan fingerprint density at radius 3 is 2.27 bits per heavy atom. The van der Waals surface area contributed by atoms with Crippen molar-refractivity contribution in [1.29, 1.82) is 0 Å². The van der Waals surface area contributed by atoms with E-state index in [-0.39, 0.29) is 24.9 Å². The molecule has 1 heterocycles. The number of rotatable bonds is 14. The second-order valence-electron chi connectivity index (χ2n) is 11.0. The van der Waals surface area contributed by atoms with Crippen LogP contribution in [0.4, 0.5) is 0 Å². The van der Waals surface area contributed by atoms with Gasteiger partial charge in [0, 0.05) is 12.8 Å². The summed E-state index contributed by atoms with van der Waals surface area (Å²) in [6.07, 6.45) is 15.6. The zero-order chi connectivity index (χ0) is 27.4. The zero-order valence-electron chi connectivity index (χ0n) is 23.7. The van der Waals surface area contributed by atoms with Crippen LogP contribution in [-0.4, -0.2) is 22.6 Å². The fraction of sp³-hybridized carbons (Fsp3) is 0.562. The fourth-order valence-electron chi connectivity index (χ4n) is 4.60. The van der Waals surface area contributed by atoms with Crippen LogP contribution in [0.3, 0.4) is 0 Å². The van der Waals surface area contributed by atoms with Crippen molar-refractivity contribution in [3.63, 3.8) is 0 Å². The highest BCUT2D eigenvalue weighted by Gasteiger charge is 2.32. The molecular formula is C32H46O5. The van der Waals surface area contributed by atoms with Gasteiger partial charge in [-0.2, -0.15) is 0 Å². The molecule has 0 saturated heterocycles. The summed E-state index contributed by atoms with van der Waals surface area (Å²) < 4.78 is 12.0. The second kappa shape index (κ2) is 14.8. The number of hydrogen-bond acceptors (Lipinski definition) is 4. The molecular weight excluding hydrogens is 464 g/mol. The summed E-state index contributed by atoms with van der Waals surface area (Å²) in [5.74, 6) is 0.0906. The number of carbonyl (C=O) groups is 2. The van der Waals surface area contributed by atoms with E-state index < -0.39 is 11.9 Å². The van der Waals surface area contributed by atoms with Crippen molar-refractivity contribution in [3.8, 4) is 11.5 Å². The van der Waals surface area contributed by atoms with Crippen molar-refractivity contribution in [1.82, 2.24) is 0 Å². The Hall–Kier alpha value is -2.82. The highest BCUT2D eigenvalue weighted by Crippen LogP contribution is 2.40. The summed E-state index contributed by atoms with van der Waals surface area (Å²) in [6.45, 7) is 12.9. The Morgan fingerprint density at radius 2 is 1.62 bits per heavy atom. The second-order valence-corrected chi connectivity index (χ2v) is 11.0. The number of aryl methyl sites for hydroxylation is 2. The maximum atomic E-state index is 12.1. The predicted molar refractivity (Wildman–Crippen MR) is 150 cm³/mol. The Labute approximate surface area is 223 Å². The van der Waals surface area contributed by atoms with E-state index in [9.17, 15) is 9.59 Å². The van der Waals surface area contributed by atoms with Crippen molar-refractivity contribution < 1.29 is 24.2 Å². The summed E-state index contributed by atoms with van der Waals surface area (Å²) in [5, 5.41) is 8.72. The van der Waals surface area contributed by atoms with Crippen molar-refractivity contribution in [2.24, 2.45) is 0 Å². The normalized spacial score (nSPS) is 17.6. The Kier molecular flexibility index (Phi) is 12.2. The van der Waals surface area contributed by atoms with Gasteiger partial charge in [0.2, 0.25) is 0 Å². The van der Waals surface area contributed by atoms with Crippen LogP contribution in [0.1, 0.15) is 110 Å². The van der Waals surface area contributed by atoms with E-state index in [4.69, 9.17) is 14.6 Å². The van der Waals surface area contributed by atoms with Gasteiger partial charge in [-0.1, -0.05) is 34.9 Å². The average molecular weight is 511 g/mol. The van der Waals surface area contributed by atoms with Crippen LogP contribution in [-0.2, 0) is 16.0 Å². The van der Waals surface area contributed by atoms with Gasteiger partial charge < -0.3 is 14.6 Å². The van der Waals surface area contributed by atoms with E-state index >= 15 is 0 Å². The molecule has 1 aliphatic heterocycles. The SMILES string of the molecule is CC(C)=CCC/C(C)=C/CC/C(C)=C/CC[C@]1(C)CCc2cc(OC(=O)CCCC(=O)O)cc(C)c2O1. The molecule has 1 aromatic carbocycles. The monoisotopic (exact) mass is 510 g/mol. The van der Waals surface area contributed by atoms with Crippen LogP contribution >= 0.6 is 0 Å². The van der Waals surface area contributed by atoms with Gasteiger partial charge in [0.15, 0.2) is 0 Å². The van der Waals surface area contributed by atoms with E-state index in [1.807, 2.05) is 19.1 Å². The van der Waals surface area contributed by atoms with E-state index in [0.717, 1.165) is 68.2 Å². The van der Waals surface area contributed by atoms with E-state index in [1.165, 1.54) is 16.7 Å². The van der Waals surface area contributed by atoms with Gasteiger partial charge in [-0.3, -0.25) is 9.59 Å². The van der Waals surface area contributed by atoms with Crippen LogP contribution in [0.25, 0.3) is 0 Å². The molecule has 37 heavy (non-hydrogen) atoms. The van der Waals surface area contributed by atoms with Gasteiger partial charge in [0.1, 0.15) is 17.1 Å². The number of esters is 1. The van der Waals surface area contributed by atoms with Gasteiger partial charge in [-0.25, -0.2) is 0 Å². The van der Waals surface area contributed by atoms with Crippen LogP contribution in [0.2, 0.25) is 0 Å². The number of carboxylic acids is 1. The largest absolute Gasteiger partial charge is 0.487 e. The molecule has 204 valence electrons. The Balaban J connectivity index is 1.84. The molecule has 1 atom stereocenters. The number of ether oxygens (including phenoxy) is 2. The lowest BCUT2D eigenvalue weighted by Crippen LogP contribution is -2.36. The minimum Gasteiger partial charge on any atom is -0.487 e. The molecule has 1 aliphatic rings. The summed E-state index contributed by atoms with van der Waals surface area (Å²) in [5.41, 5.74) is 6.08. The molecule has 1 N–H and O–H groups in total. The average Bonchev–Trinajstić information content (AvgIpc) is 2.79. The molecule has 0 radical (unpaired) electrons. The van der Waals surface area contributed by atoms with Gasteiger partial charge in [-0.15, -0.1) is 0 Å². The number of fused-ring (bicyclic) bond motifs is 1. The fourth-order valence-corrected chi connectivity index (χ4v) is 4.60. The number of benzene rings is 1. The van der Waals surface area contributed by atoms with Crippen molar-refractivity contribution in [2.75, 3.05) is 0 Å². The summed E-state index contributed by atoms with van der Waals surface area (Å²) in [4.78, 5) is 22.7. The van der Waals surface area contributed by atoms with Gasteiger partial charge in [-0.05, 0) is 123 Å². The lowest BCUT2D eigenvalue weighted by molar-refractivity contribution is -0.137. The first-order valence-corrected chi connectivity index (χ1v) is 13.7. The first-order chi connectivity index (χ1) is 17.5. The molecule has 0 saturated carbocycles. The molecule has 5 heteroatoms. The molecule has 0 spiro atoms. The highest BCUT2D eigenvalue weighted by molar-refractivity contribution is 5.74. The standard InChI is InChI=1S/C32H46O5/c1-23(2)11-7-12-24(3)13-8-14-25(4)15-10-19-32(6)20-18-27-22-28(21-26(5)31(27)37-32)36-30(35)17-9-16-29(33)34/h11,13,15,21-22H,7-10,12,14,16-20H2,1-6H3,(H,33,34)/b24-13+,25-15+/t32-/m1/s1. The molecule has 5 nitrogen and oxygen atoms in total. The van der Waals surface area contributed by atoms with E-state index in [2.05, 4.69) is 52.8 Å². The maximum absolute atomic E-state index is 12.1. The van der Waals surface area contributed by atoms with Crippen molar-refractivity contribution in [2.45, 2.75) is 118 Å². The molecule has 0 aromatic heterocycles. The summed E-state index contributed by atoms with van der Waals surface area (Å²) in [7, 11) is 0. The smallest absolute Gasteiger partial charge is 0.311 e. The minimum atomic E-state index is -0.906. The van der Waals surface area contributed by atoms with Crippen LogP contribution in [0, 0.1) is 6.92 Å². The van der Waals surface area contributed by atoms with Crippen LogP contribution in [0.15, 0.2) is 47.1 Å². The first-order valence-electron chi connectivity index (χ1n) is 13.7. The summed E-state index contributed by atoms with van der Waals surface area (Å²) in [6, 6.07) is 3.72. The number of hydrogen-bond donors (Lipinski definition) is 1. The molecule has 0 aliphatic carbocycles. The van der Waals surface area contributed by atoms with Gasteiger partial charge in [0.05, 0.1) is 0 Å². The molecule has 0 fully saturated rings. The van der Waals surface area contributed by atoms with Gasteiger partial charge >= 0.3 is 11.9 Å². The van der Waals surface area contributed by atoms with Crippen molar-refractivity contribution in [3.05, 3.63) is 58.2 Å². The van der Waals surface area contributed by atoms with E-state index in [1.54, 1.807) is 0 Å². The third-order valence-corrected chi connectivity index (χ3v) is 6.89. The molecule has 2 rings (SSSR count). The summed E-state index contributed by atoms with van der Waals surface area (Å²) >= 11 is 0. The third-order valence-electron chi connectivity index (χ3n) is 6.89. The molecule has 1 aromatic rings. The van der Waals surface area contributed by atoms with Crippen molar-refractivity contribution >= 4 is 11.9 Å². The lowest BCUT2D eigenvalue weighted by atomic mass is 9.87. The third kappa shape index (κ3) is 11.4. The topological polar surface area (TPSA) is 72.8 Å². The molecule has 0 bridgehead atoms. The molecule has 0 unspecified atom stereocenters. The predicted octanol–water partition coefficient (Wildman–Crippen LogP) is 8.44. The van der Waals surface area contributed by atoms with Crippen LogP contribution < -0.4 is 9.47 Å². The Morgan fingerprint density at radius 1 is 0.973 bits per heavy atom. The highest BCUT2D eigenvalue weighted by atomic mass is 16.5. The lowest BCUT2D eigenvalue weighted by Gasteiger charge is -2.37. The number of allylic oxidation sites excluding steroid dienone is 6. The Bertz CT molecular complexity index is 1030. The minimum absolute atomic E-state index is 0.0347. The molecule has 0 amide bonds.